The predicted molar refractivity (Wildman–Crippen MR) is 112 cm³/mol. The molecule has 1 fully saturated rings. The Morgan fingerprint density at radius 3 is 2.59 bits per heavy atom. The minimum absolute atomic E-state index is 0.0136. The van der Waals surface area contributed by atoms with Crippen molar-refractivity contribution in [1.29, 1.82) is 0 Å². The van der Waals surface area contributed by atoms with E-state index in [2.05, 4.69) is 5.32 Å². The number of benzene rings is 2. The number of hydrogen-bond donors (Lipinski definition) is 1. The van der Waals surface area contributed by atoms with Crippen molar-refractivity contribution in [2.75, 3.05) is 18.6 Å². The molecule has 0 unspecified atom stereocenters. The fourth-order valence-corrected chi connectivity index (χ4v) is 4.48. The molecule has 0 spiro atoms. The highest BCUT2D eigenvalue weighted by atomic mass is 32.2. The first-order chi connectivity index (χ1) is 13.2. The summed E-state index contributed by atoms with van der Waals surface area (Å²) >= 11 is 1.96. The number of para-hydroxylation sites is 1. The Morgan fingerprint density at radius 1 is 1.11 bits per heavy atom. The number of methoxy groups -OCH3 is 1. The van der Waals surface area contributed by atoms with E-state index in [9.17, 15) is 4.79 Å². The van der Waals surface area contributed by atoms with Crippen LogP contribution in [0.15, 0.2) is 54.6 Å². The second-order valence-electron chi connectivity index (χ2n) is 6.66. The van der Waals surface area contributed by atoms with E-state index in [1.54, 1.807) is 7.11 Å². The third-order valence-electron chi connectivity index (χ3n) is 4.90. The Balaban J connectivity index is 1.72. The number of nitrogens with zero attached hydrogens (tertiary/aromatic N) is 1. The number of carbonyl (C=O) groups excluding carboxylic acids is 1. The molecule has 0 bridgehead atoms. The van der Waals surface area contributed by atoms with Gasteiger partial charge in [0.15, 0.2) is 0 Å². The summed E-state index contributed by atoms with van der Waals surface area (Å²) in [6.07, 6.45) is 2.06. The van der Waals surface area contributed by atoms with Crippen molar-refractivity contribution in [1.82, 2.24) is 10.3 Å². The Morgan fingerprint density at radius 2 is 1.85 bits per heavy atom. The lowest BCUT2D eigenvalue weighted by Gasteiger charge is -2.23. The number of amides is 1. The number of rotatable bonds is 4. The largest absolute Gasteiger partial charge is 0.497 e. The van der Waals surface area contributed by atoms with E-state index in [-0.39, 0.29) is 11.9 Å². The molecular weight excluding hydrogens is 356 g/mol. The molecule has 2 heterocycles. The van der Waals surface area contributed by atoms with Crippen molar-refractivity contribution in [2.24, 2.45) is 0 Å². The number of pyridine rings is 1. The lowest BCUT2D eigenvalue weighted by molar-refractivity contribution is 0.0936. The van der Waals surface area contributed by atoms with Crippen LogP contribution >= 0.6 is 11.8 Å². The first-order valence-electron chi connectivity index (χ1n) is 9.17. The summed E-state index contributed by atoms with van der Waals surface area (Å²) in [6.45, 7) is 0. The van der Waals surface area contributed by atoms with Gasteiger partial charge < -0.3 is 10.1 Å². The van der Waals surface area contributed by atoms with Crippen LogP contribution < -0.4 is 10.1 Å². The van der Waals surface area contributed by atoms with Gasteiger partial charge >= 0.3 is 0 Å². The highest BCUT2D eigenvalue weighted by molar-refractivity contribution is 7.99. The van der Waals surface area contributed by atoms with Crippen LogP contribution in [0.5, 0.6) is 5.75 Å². The minimum Gasteiger partial charge on any atom is -0.497 e. The van der Waals surface area contributed by atoms with E-state index in [1.165, 1.54) is 0 Å². The number of nitrogens with one attached hydrogen (secondary N) is 1. The highest BCUT2D eigenvalue weighted by Gasteiger charge is 2.19. The average Bonchev–Trinajstić information content (AvgIpc) is 2.73. The molecule has 1 N–H and O–H groups in total. The molecule has 138 valence electrons. The van der Waals surface area contributed by atoms with E-state index in [1.807, 2.05) is 66.4 Å². The Bertz CT molecular complexity index is 950. The van der Waals surface area contributed by atoms with Crippen molar-refractivity contribution >= 4 is 28.6 Å². The number of hydrogen-bond acceptors (Lipinski definition) is 4. The van der Waals surface area contributed by atoms with Crippen molar-refractivity contribution in [3.05, 3.63) is 60.2 Å². The van der Waals surface area contributed by atoms with Gasteiger partial charge in [0.2, 0.25) is 0 Å². The number of carbonyl (C=O) groups is 1. The third kappa shape index (κ3) is 3.93. The average molecular weight is 378 g/mol. The van der Waals surface area contributed by atoms with Gasteiger partial charge in [-0.05, 0) is 60.7 Å². The maximum absolute atomic E-state index is 13.0. The fraction of sp³-hybridized carbons (Fsp3) is 0.273. The highest BCUT2D eigenvalue weighted by Crippen LogP contribution is 2.27. The molecule has 5 heteroatoms. The molecule has 1 saturated heterocycles. The molecule has 2 aromatic carbocycles. The molecule has 0 atom stereocenters. The van der Waals surface area contributed by atoms with Gasteiger partial charge in [0.05, 0.1) is 23.9 Å². The Hall–Kier alpha value is -2.53. The van der Waals surface area contributed by atoms with E-state index in [4.69, 9.17) is 9.72 Å². The van der Waals surface area contributed by atoms with Crippen molar-refractivity contribution in [3.8, 4) is 17.0 Å². The first kappa shape index (κ1) is 17.9. The van der Waals surface area contributed by atoms with Gasteiger partial charge in [-0.2, -0.15) is 11.8 Å². The van der Waals surface area contributed by atoms with Crippen molar-refractivity contribution in [2.45, 2.75) is 18.9 Å². The van der Waals surface area contributed by atoms with E-state index in [0.717, 1.165) is 52.3 Å². The SMILES string of the molecule is COc1ccc(-c2cc(C(=O)NC3CCSCC3)c3ccccc3n2)cc1. The summed E-state index contributed by atoms with van der Waals surface area (Å²) in [5.41, 5.74) is 3.27. The zero-order chi connectivity index (χ0) is 18.6. The van der Waals surface area contributed by atoms with Gasteiger partial charge in [-0.1, -0.05) is 18.2 Å². The molecule has 27 heavy (non-hydrogen) atoms. The van der Waals surface area contributed by atoms with Crippen LogP contribution in [0.4, 0.5) is 0 Å². The Kier molecular flexibility index (Phi) is 5.30. The third-order valence-corrected chi connectivity index (χ3v) is 5.95. The van der Waals surface area contributed by atoms with Gasteiger partial charge in [-0.15, -0.1) is 0 Å². The van der Waals surface area contributed by atoms with Crippen LogP contribution in [-0.2, 0) is 0 Å². The predicted octanol–water partition coefficient (Wildman–Crippen LogP) is 4.54. The molecule has 0 saturated carbocycles. The summed E-state index contributed by atoms with van der Waals surface area (Å²) in [7, 11) is 1.65. The van der Waals surface area contributed by atoms with Crippen LogP contribution in [0.25, 0.3) is 22.2 Å². The van der Waals surface area contributed by atoms with E-state index >= 15 is 0 Å². The molecular formula is C22H22N2O2S. The Labute approximate surface area is 163 Å². The second-order valence-corrected chi connectivity index (χ2v) is 7.89. The van der Waals surface area contributed by atoms with Gasteiger partial charge in [0.25, 0.3) is 5.91 Å². The lowest BCUT2D eigenvalue weighted by atomic mass is 10.0. The molecule has 1 aliphatic rings. The molecule has 0 radical (unpaired) electrons. The van der Waals surface area contributed by atoms with Gasteiger partial charge in [-0.25, -0.2) is 4.98 Å². The summed E-state index contributed by atoms with van der Waals surface area (Å²) in [5, 5.41) is 4.11. The quantitative estimate of drug-likeness (QED) is 0.724. The van der Waals surface area contributed by atoms with Crippen LogP contribution in [0.3, 0.4) is 0 Å². The smallest absolute Gasteiger partial charge is 0.252 e. The van der Waals surface area contributed by atoms with Gasteiger partial charge in [-0.3, -0.25) is 4.79 Å². The molecule has 4 rings (SSSR count). The topological polar surface area (TPSA) is 51.2 Å². The molecule has 1 amide bonds. The summed E-state index contributed by atoms with van der Waals surface area (Å²) in [4.78, 5) is 17.8. The monoisotopic (exact) mass is 378 g/mol. The second kappa shape index (κ2) is 8.01. The van der Waals surface area contributed by atoms with Crippen LogP contribution in [-0.4, -0.2) is 35.5 Å². The van der Waals surface area contributed by atoms with E-state index < -0.39 is 0 Å². The molecule has 1 aliphatic heterocycles. The molecule has 4 nitrogen and oxygen atoms in total. The van der Waals surface area contributed by atoms with Crippen LogP contribution in [0, 0.1) is 0 Å². The zero-order valence-corrected chi connectivity index (χ0v) is 16.1. The minimum atomic E-state index is -0.0136. The van der Waals surface area contributed by atoms with Crippen molar-refractivity contribution in [3.63, 3.8) is 0 Å². The number of fused-ring (bicyclic) bond motifs is 1. The fourth-order valence-electron chi connectivity index (χ4n) is 3.38. The summed E-state index contributed by atoms with van der Waals surface area (Å²) in [5.74, 6) is 3.01. The van der Waals surface area contributed by atoms with Crippen molar-refractivity contribution < 1.29 is 9.53 Å². The standard InChI is InChI=1S/C22H22N2O2S/c1-26-17-8-6-15(7-9-17)21-14-19(18-4-2-3-5-20(18)24-21)22(25)23-16-10-12-27-13-11-16/h2-9,14,16H,10-13H2,1H3,(H,23,25). The first-order valence-corrected chi connectivity index (χ1v) is 10.3. The van der Waals surface area contributed by atoms with Gasteiger partial charge in [0, 0.05) is 17.0 Å². The number of ether oxygens (including phenoxy) is 1. The molecule has 0 aliphatic carbocycles. The maximum Gasteiger partial charge on any atom is 0.252 e. The normalized spacial score (nSPS) is 14.9. The van der Waals surface area contributed by atoms with Crippen LogP contribution in [0.1, 0.15) is 23.2 Å². The molecule has 3 aromatic rings. The van der Waals surface area contributed by atoms with Gasteiger partial charge in [0.1, 0.15) is 5.75 Å². The molecule has 1 aromatic heterocycles. The lowest BCUT2D eigenvalue weighted by Crippen LogP contribution is -2.37. The van der Waals surface area contributed by atoms with E-state index in [0.29, 0.717) is 5.56 Å². The number of aromatic nitrogens is 1. The zero-order valence-electron chi connectivity index (χ0n) is 15.3. The van der Waals surface area contributed by atoms with Crippen LogP contribution in [0.2, 0.25) is 0 Å². The summed E-state index contributed by atoms with van der Waals surface area (Å²) < 4.78 is 5.24. The number of thioether (sulfide) groups is 1. The summed E-state index contributed by atoms with van der Waals surface area (Å²) in [6, 6.07) is 17.7. The maximum atomic E-state index is 13.0.